The fourth-order valence-electron chi connectivity index (χ4n) is 1.32. The van der Waals surface area contributed by atoms with Gasteiger partial charge in [0.1, 0.15) is 0 Å². The number of thioether (sulfide) groups is 1. The lowest BCUT2D eigenvalue weighted by Gasteiger charge is -2.18. The number of alkyl halides is 1. The lowest BCUT2D eigenvalue weighted by Crippen LogP contribution is -2.36. The zero-order valence-electron chi connectivity index (χ0n) is 7.12. The molecule has 1 atom stereocenters. The van der Waals surface area contributed by atoms with Crippen molar-refractivity contribution in [3.63, 3.8) is 0 Å². The summed E-state index contributed by atoms with van der Waals surface area (Å²) in [7, 11) is 0. The second-order valence-corrected chi connectivity index (χ2v) is 4.80. The van der Waals surface area contributed by atoms with Crippen molar-refractivity contribution in [3.05, 3.63) is 0 Å². The molecule has 0 N–H and O–H groups in total. The van der Waals surface area contributed by atoms with Crippen molar-refractivity contribution >= 4 is 55.7 Å². The molecule has 0 bridgehead atoms. The van der Waals surface area contributed by atoms with Gasteiger partial charge in [-0.3, -0.25) is 14.7 Å². The van der Waals surface area contributed by atoms with Crippen LogP contribution in [0, 0.1) is 0 Å². The number of amidine groups is 1. The predicted molar refractivity (Wildman–Crippen MR) is 64.1 cm³/mol. The molecule has 2 aliphatic rings. The van der Waals surface area contributed by atoms with Crippen LogP contribution in [0.2, 0.25) is 0 Å². The van der Waals surface area contributed by atoms with Crippen LogP contribution in [-0.4, -0.2) is 39.1 Å². The standard InChI is InChI=1S/C7H9BrN2OS.BrH/c1-7(3-8)4-10-5(11)2-12-6(10)9-7;/h2-4H2,1H3;1H. The number of amides is 1. The molecule has 2 rings (SSSR count). The van der Waals surface area contributed by atoms with Crippen molar-refractivity contribution in [1.29, 1.82) is 0 Å². The Morgan fingerprint density at radius 3 is 3.00 bits per heavy atom. The quantitative estimate of drug-likeness (QED) is 0.685. The van der Waals surface area contributed by atoms with Crippen LogP contribution < -0.4 is 0 Å². The summed E-state index contributed by atoms with van der Waals surface area (Å²) in [6.07, 6.45) is 0. The Morgan fingerprint density at radius 1 is 1.77 bits per heavy atom. The number of nitrogens with zero attached hydrogens (tertiary/aromatic N) is 2. The zero-order valence-corrected chi connectivity index (χ0v) is 11.2. The Labute approximate surface area is 100 Å². The molecule has 1 unspecified atom stereocenters. The van der Waals surface area contributed by atoms with Crippen LogP contribution in [-0.2, 0) is 4.79 Å². The SMILES string of the molecule is Br.CC1(CBr)CN2C(=O)CSC2=N1. The molecule has 74 valence electrons. The number of halogens is 2. The van der Waals surface area contributed by atoms with Gasteiger partial charge in [0.2, 0.25) is 5.91 Å². The van der Waals surface area contributed by atoms with E-state index in [0.717, 1.165) is 17.0 Å². The summed E-state index contributed by atoms with van der Waals surface area (Å²) in [5.74, 6) is 0.764. The fraction of sp³-hybridized carbons (Fsp3) is 0.714. The van der Waals surface area contributed by atoms with Crippen LogP contribution in [0.3, 0.4) is 0 Å². The molecule has 0 aromatic carbocycles. The number of fused-ring (bicyclic) bond motifs is 1. The number of rotatable bonds is 1. The summed E-state index contributed by atoms with van der Waals surface area (Å²) in [6.45, 7) is 2.79. The average molecular weight is 330 g/mol. The van der Waals surface area contributed by atoms with E-state index in [-0.39, 0.29) is 28.4 Å². The summed E-state index contributed by atoms with van der Waals surface area (Å²) in [5.41, 5.74) is -0.0988. The Hall–Kier alpha value is 0.450. The second kappa shape index (κ2) is 3.90. The number of carbonyl (C=O) groups is 1. The molecule has 0 spiro atoms. The van der Waals surface area contributed by atoms with Crippen LogP contribution in [0.15, 0.2) is 4.99 Å². The summed E-state index contributed by atoms with van der Waals surface area (Å²) in [5, 5.41) is 1.72. The molecule has 1 fully saturated rings. The Kier molecular flexibility index (Phi) is 3.46. The van der Waals surface area contributed by atoms with Gasteiger partial charge in [-0.1, -0.05) is 27.7 Å². The predicted octanol–water partition coefficient (Wildman–Crippen LogP) is 1.66. The largest absolute Gasteiger partial charge is 0.288 e. The topological polar surface area (TPSA) is 32.7 Å². The Bertz CT molecular complexity index is 271. The first-order valence-corrected chi connectivity index (χ1v) is 5.84. The molecule has 13 heavy (non-hydrogen) atoms. The normalized spacial score (nSPS) is 31.4. The highest BCUT2D eigenvalue weighted by atomic mass is 79.9. The van der Waals surface area contributed by atoms with Gasteiger partial charge < -0.3 is 0 Å². The van der Waals surface area contributed by atoms with Gasteiger partial charge in [-0.25, -0.2) is 0 Å². The number of hydrogen-bond donors (Lipinski definition) is 0. The van der Waals surface area contributed by atoms with Crippen LogP contribution in [0.5, 0.6) is 0 Å². The second-order valence-electron chi connectivity index (χ2n) is 3.29. The minimum Gasteiger partial charge on any atom is -0.288 e. The molecule has 6 heteroatoms. The van der Waals surface area contributed by atoms with E-state index >= 15 is 0 Å². The van der Waals surface area contributed by atoms with Gasteiger partial charge in [0.05, 0.1) is 17.8 Å². The van der Waals surface area contributed by atoms with E-state index in [4.69, 9.17) is 0 Å². The molecule has 0 aromatic rings. The molecule has 0 saturated carbocycles. The highest BCUT2D eigenvalue weighted by molar-refractivity contribution is 9.09. The Balaban J connectivity index is 0.000000845. The maximum Gasteiger partial charge on any atom is 0.239 e. The minimum atomic E-state index is -0.0988. The van der Waals surface area contributed by atoms with Crippen molar-refractivity contribution in [3.8, 4) is 0 Å². The summed E-state index contributed by atoms with van der Waals surface area (Å²) in [6, 6.07) is 0. The molecule has 2 aliphatic heterocycles. The first-order valence-electron chi connectivity index (χ1n) is 3.74. The lowest BCUT2D eigenvalue weighted by atomic mass is 10.1. The van der Waals surface area contributed by atoms with E-state index < -0.39 is 0 Å². The maximum absolute atomic E-state index is 11.3. The molecular weight excluding hydrogens is 320 g/mol. The van der Waals surface area contributed by atoms with Crippen LogP contribution in [0.4, 0.5) is 0 Å². The first kappa shape index (κ1) is 11.5. The van der Waals surface area contributed by atoms with Gasteiger partial charge >= 0.3 is 0 Å². The monoisotopic (exact) mass is 328 g/mol. The van der Waals surface area contributed by atoms with Crippen molar-refractivity contribution in [2.24, 2.45) is 4.99 Å². The molecule has 0 aliphatic carbocycles. The molecule has 2 heterocycles. The van der Waals surface area contributed by atoms with Gasteiger partial charge in [0.25, 0.3) is 0 Å². The molecule has 0 radical (unpaired) electrons. The van der Waals surface area contributed by atoms with E-state index in [1.54, 1.807) is 16.7 Å². The zero-order chi connectivity index (χ0) is 8.77. The number of carbonyl (C=O) groups excluding carboxylic acids is 1. The van der Waals surface area contributed by atoms with Crippen molar-refractivity contribution < 1.29 is 4.79 Å². The van der Waals surface area contributed by atoms with E-state index in [0.29, 0.717) is 5.75 Å². The van der Waals surface area contributed by atoms with E-state index in [1.807, 2.05) is 0 Å². The number of hydrogen-bond acceptors (Lipinski definition) is 3. The third-order valence-corrected chi connectivity index (χ3v) is 4.18. The van der Waals surface area contributed by atoms with Crippen LogP contribution in [0.1, 0.15) is 6.92 Å². The van der Waals surface area contributed by atoms with Gasteiger partial charge in [0, 0.05) is 5.33 Å². The lowest BCUT2D eigenvalue weighted by molar-refractivity contribution is -0.124. The molecule has 0 aromatic heterocycles. The van der Waals surface area contributed by atoms with Crippen molar-refractivity contribution in [1.82, 2.24) is 4.90 Å². The summed E-state index contributed by atoms with van der Waals surface area (Å²) >= 11 is 4.95. The molecule has 1 amide bonds. The molecule has 3 nitrogen and oxygen atoms in total. The fourth-order valence-corrected chi connectivity index (χ4v) is 2.63. The summed E-state index contributed by atoms with van der Waals surface area (Å²) in [4.78, 5) is 17.5. The highest BCUT2D eigenvalue weighted by Gasteiger charge is 2.41. The van der Waals surface area contributed by atoms with Crippen molar-refractivity contribution in [2.75, 3.05) is 17.6 Å². The molecular formula is C7H10Br2N2OS. The maximum atomic E-state index is 11.3. The van der Waals surface area contributed by atoms with Crippen LogP contribution >= 0.6 is 44.7 Å². The van der Waals surface area contributed by atoms with E-state index in [1.165, 1.54) is 0 Å². The average Bonchev–Trinajstić information content (AvgIpc) is 2.53. The van der Waals surface area contributed by atoms with Gasteiger partial charge in [0.15, 0.2) is 5.17 Å². The van der Waals surface area contributed by atoms with Gasteiger partial charge in [-0.05, 0) is 6.92 Å². The van der Waals surface area contributed by atoms with Crippen LogP contribution in [0.25, 0.3) is 0 Å². The smallest absolute Gasteiger partial charge is 0.239 e. The minimum absolute atomic E-state index is 0. The highest BCUT2D eigenvalue weighted by Crippen LogP contribution is 2.31. The van der Waals surface area contributed by atoms with Gasteiger partial charge in [-0.2, -0.15) is 0 Å². The third-order valence-electron chi connectivity index (χ3n) is 2.01. The number of aliphatic imine (C=N–C) groups is 1. The van der Waals surface area contributed by atoms with Gasteiger partial charge in [-0.15, -0.1) is 17.0 Å². The third kappa shape index (κ3) is 1.94. The Morgan fingerprint density at radius 2 is 2.46 bits per heavy atom. The van der Waals surface area contributed by atoms with E-state index in [2.05, 4.69) is 27.8 Å². The van der Waals surface area contributed by atoms with E-state index in [9.17, 15) is 4.79 Å². The van der Waals surface area contributed by atoms with Crippen molar-refractivity contribution in [2.45, 2.75) is 12.5 Å². The molecule has 1 saturated heterocycles. The first-order chi connectivity index (χ1) is 5.64. The summed E-state index contributed by atoms with van der Waals surface area (Å²) < 4.78 is 0.